The number of benzene rings is 2. The normalized spacial score (nSPS) is 14.1. The monoisotopic (exact) mass is 537 g/mol. The number of rotatable bonds is 9. The van der Waals surface area contributed by atoms with E-state index in [0.29, 0.717) is 22.7 Å². The van der Waals surface area contributed by atoms with E-state index in [1.807, 2.05) is 13.0 Å². The van der Waals surface area contributed by atoms with E-state index >= 15 is 0 Å². The van der Waals surface area contributed by atoms with Crippen LogP contribution in [0.2, 0.25) is 0 Å². The maximum Gasteiger partial charge on any atom is 0.273 e. The molecule has 1 heterocycles. The first-order valence-electron chi connectivity index (χ1n) is 12.2. The Balaban J connectivity index is 1.91. The number of nitrogens with two attached hydrogens (primary N) is 2. The molecule has 10 nitrogen and oxygen atoms in total. The van der Waals surface area contributed by atoms with Gasteiger partial charge in [0.1, 0.15) is 22.4 Å². The van der Waals surface area contributed by atoms with E-state index in [-0.39, 0.29) is 28.2 Å². The Morgan fingerprint density at radius 1 is 1.08 bits per heavy atom. The third-order valence-electron chi connectivity index (χ3n) is 6.61. The molecule has 38 heavy (non-hydrogen) atoms. The lowest BCUT2D eigenvalue weighted by molar-refractivity contribution is -0.123. The lowest BCUT2D eigenvalue weighted by atomic mass is 10.0. The minimum Gasteiger partial charge on any atom is -0.497 e. The number of nitrogen functional groups attached to an aromatic ring is 1. The third kappa shape index (κ3) is 5.42. The smallest absolute Gasteiger partial charge is 0.273 e. The van der Waals surface area contributed by atoms with Crippen molar-refractivity contribution in [3.8, 4) is 11.5 Å². The fourth-order valence-corrected chi connectivity index (χ4v) is 5.39. The minimum atomic E-state index is -1.09. The summed E-state index contributed by atoms with van der Waals surface area (Å²) < 4.78 is 14.9. The zero-order valence-electron chi connectivity index (χ0n) is 21.5. The first-order chi connectivity index (χ1) is 18.2. The van der Waals surface area contributed by atoms with Crippen LogP contribution in [0.3, 0.4) is 0 Å². The molecule has 1 atom stereocenters. The van der Waals surface area contributed by atoms with Gasteiger partial charge in [0.05, 0.1) is 25.6 Å². The Hall–Kier alpha value is -4.12. The summed E-state index contributed by atoms with van der Waals surface area (Å²) in [5, 5.41) is 3.13. The summed E-state index contributed by atoms with van der Waals surface area (Å²) in [5.41, 5.74) is 13.0. The molecule has 11 heteroatoms. The minimum absolute atomic E-state index is 0.00506. The Morgan fingerprint density at radius 3 is 2.34 bits per heavy atom. The van der Waals surface area contributed by atoms with Crippen molar-refractivity contribution in [2.24, 2.45) is 5.73 Å². The van der Waals surface area contributed by atoms with Crippen LogP contribution in [-0.4, -0.2) is 42.4 Å². The van der Waals surface area contributed by atoms with Gasteiger partial charge in [0.2, 0.25) is 5.91 Å². The van der Waals surface area contributed by atoms with Crippen LogP contribution in [0, 0.1) is 6.92 Å². The van der Waals surface area contributed by atoms with Crippen molar-refractivity contribution < 1.29 is 23.9 Å². The molecular weight excluding hydrogens is 506 g/mol. The molecule has 1 aliphatic rings. The molecule has 1 aromatic heterocycles. The molecule has 1 saturated carbocycles. The van der Waals surface area contributed by atoms with Crippen molar-refractivity contribution in [3.63, 3.8) is 0 Å². The average molecular weight is 538 g/mol. The predicted molar refractivity (Wildman–Crippen MR) is 146 cm³/mol. The Morgan fingerprint density at radius 2 is 1.76 bits per heavy atom. The number of hydrogen-bond acceptors (Lipinski definition) is 8. The molecule has 1 fully saturated rings. The predicted octanol–water partition coefficient (Wildman–Crippen LogP) is 3.60. The van der Waals surface area contributed by atoms with Crippen molar-refractivity contribution in [2.45, 2.75) is 44.7 Å². The molecule has 5 N–H and O–H groups in total. The van der Waals surface area contributed by atoms with E-state index in [4.69, 9.17) is 20.9 Å². The standard InChI is InChI=1S/C27H31N5O5S/c1-15-8-13-20(37-3)19(14-15)32(27(35)24-21(28)22(25(29)33)31-38-24)23(16-9-11-18(36-2)12-10-16)26(34)30-17-6-4-5-7-17/h8-14,17,23H,4-7,28H2,1-3H3,(H2,29,33)(H,30,34). The van der Waals surface area contributed by atoms with Gasteiger partial charge in [0, 0.05) is 6.04 Å². The Labute approximate surface area is 225 Å². The zero-order chi connectivity index (χ0) is 27.4. The third-order valence-corrected chi connectivity index (χ3v) is 7.46. The van der Waals surface area contributed by atoms with Crippen molar-refractivity contribution in [1.29, 1.82) is 0 Å². The number of aromatic nitrogens is 1. The molecule has 3 amide bonds. The summed E-state index contributed by atoms with van der Waals surface area (Å²) in [6, 6.07) is 11.2. The number of ether oxygens (including phenoxy) is 2. The quantitative estimate of drug-likeness (QED) is 0.377. The van der Waals surface area contributed by atoms with E-state index < -0.39 is 17.9 Å². The molecule has 1 aliphatic carbocycles. The Kier molecular flexibility index (Phi) is 8.16. The van der Waals surface area contributed by atoms with E-state index in [0.717, 1.165) is 42.8 Å². The number of carbonyl (C=O) groups is 3. The number of methoxy groups -OCH3 is 2. The maximum atomic E-state index is 14.3. The molecule has 2 aromatic carbocycles. The van der Waals surface area contributed by atoms with Gasteiger partial charge in [-0.3, -0.25) is 19.3 Å². The second-order valence-corrected chi connectivity index (χ2v) is 9.93. The lowest BCUT2D eigenvalue weighted by Crippen LogP contribution is -2.46. The molecule has 0 spiro atoms. The van der Waals surface area contributed by atoms with Crippen LogP contribution in [0.25, 0.3) is 0 Å². The molecule has 0 saturated heterocycles. The highest BCUT2D eigenvalue weighted by atomic mass is 32.1. The van der Waals surface area contributed by atoms with Gasteiger partial charge >= 0.3 is 0 Å². The van der Waals surface area contributed by atoms with E-state index in [9.17, 15) is 14.4 Å². The van der Waals surface area contributed by atoms with E-state index in [1.165, 1.54) is 12.0 Å². The number of hydrogen-bond donors (Lipinski definition) is 3. The van der Waals surface area contributed by atoms with Gasteiger partial charge in [-0.15, -0.1) is 0 Å². The van der Waals surface area contributed by atoms with E-state index in [2.05, 4.69) is 9.69 Å². The summed E-state index contributed by atoms with van der Waals surface area (Å²) in [5.74, 6) is -0.819. The topological polar surface area (TPSA) is 150 Å². The molecule has 0 aliphatic heterocycles. The highest BCUT2D eigenvalue weighted by molar-refractivity contribution is 7.09. The maximum absolute atomic E-state index is 14.3. The second kappa shape index (κ2) is 11.5. The van der Waals surface area contributed by atoms with Crippen LogP contribution in [0.15, 0.2) is 42.5 Å². The number of nitrogens with zero attached hydrogens (tertiary/aromatic N) is 2. The van der Waals surface area contributed by atoms with Crippen LogP contribution in [0.1, 0.15) is 63.0 Å². The summed E-state index contributed by atoms with van der Waals surface area (Å²) in [6.07, 6.45) is 3.79. The molecule has 3 aromatic rings. The largest absolute Gasteiger partial charge is 0.497 e. The van der Waals surface area contributed by atoms with Gasteiger partial charge < -0.3 is 26.3 Å². The summed E-state index contributed by atoms with van der Waals surface area (Å²) in [7, 11) is 3.04. The average Bonchev–Trinajstić information content (AvgIpc) is 3.56. The highest BCUT2D eigenvalue weighted by Gasteiger charge is 2.38. The summed E-state index contributed by atoms with van der Waals surface area (Å²) in [6.45, 7) is 1.87. The van der Waals surface area contributed by atoms with Crippen LogP contribution in [-0.2, 0) is 4.79 Å². The summed E-state index contributed by atoms with van der Waals surface area (Å²) in [4.78, 5) is 41.4. The number of primary amides is 1. The molecule has 200 valence electrons. The fraction of sp³-hybridized carbons (Fsp3) is 0.333. The molecule has 1 unspecified atom stereocenters. The number of anilines is 2. The second-order valence-electron chi connectivity index (χ2n) is 9.15. The Bertz CT molecular complexity index is 1330. The van der Waals surface area contributed by atoms with Gasteiger partial charge in [-0.1, -0.05) is 31.0 Å². The fourth-order valence-electron chi connectivity index (χ4n) is 4.65. The lowest BCUT2D eigenvalue weighted by Gasteiger charge is -2.33. The van der Waals surface area contributed by atoms with Crippen molar-refractivity contribution in [1.82, 2.24) is 9.69 Å². The van der Waals surface area contributed by atoms with E-state index in [1.54, 1.807) is 43.5 Å². The van der Waals surface area contributed by atoms with Gasteiger partial charge in [0.25, 0.3) is 11.8 Å². The molecular formula is C27H31N5O5S. The summed E-state index contributed by atoms with van der Waals surface area (Å²) >= 11 is 0.757. The molecule has 0 radical (unpaired) electrons. The SMILES string of the molecule is COc1ccc(C(C(=O)NC2CCCC2)N(C(=O)c2snc(C(N)=O)c2N)c2cc(C)ccc2OC)cc1. The number of aryl methyl sites for hydroxylation is 1. The number of nitrogens with one attached hydrogen (secondary N) is 1. The first-order valence-corrected chi connectivity index (χ1v) is 13.0. The molecule has 0 bridgehead atoms. The zero-order valence-corrected chi connectivity index (χ0v) is 22.3. The number of amides is 3. The van der Waals surface area contributed by atoms with Gasteiger partial charge in [-0.05, 0) is 66.7 Å². The first kappa shape index (κ1) is 26.9. The van der Waals surface area contributed by atoms with Crippen LogP contribution >= 0.6 is 11.5 Å². The highest BCUT2D eigenvalue weighted by Crippen LogP contribution is 2.39. The van der Waals surface area contributed by atoms with Crippen molar-refractivity contribution in [3.05, 3.63) is 64.2 Å². The van der Waals surface area contributed by atoms with Gasteiger partial charge in [-0.25, -0.2) is 0 Å². The van der Waals surface area contributed by atoms with Crippen molar-refractivity contribution in [2.75, 3.05) is 24.9 Å². The van der Waals surface area contributed by atoms with Crippen molar-refractivity contribution >= 4 is 40.6 Å². The van der Waals surface area contributed by atoms with Gasteiger partial charge in [0.15, 0.2) is 5.69 Å². The molecule has 4 rings (SSSR count). The van der Waals surface area contributed by atoms with Crippen LogP contribution < -0.4 is 31.2 Å². The van der Waals surface area contributed by atoms with Crippen LogP contribution in [0.4, 0.5) is 11.4 Å². The number of carbonyl (C=O) groups excluding carboxylic acids is 3. The van der Waals surface area contributed by atoms with Crippen LogP contribution in [0.5, 0.6) is 11.5 Å². The van der Waals surface area contributed by atoms with Gasteiger partial charge in [-0.2, -0.15) is 4.37 Å².